The number of aliphatic hydroxyl groups excluding tert-OH is 1. The summed E-state index contributed by atoms with van der Waals surface area (Å²) in [5.74, 6) is 0.377. The van der Waals surface area contributed by atoms with Crippen LogP contribution in [0.15, 0.2) is 0 Å². The number of ketones is 1. The van der Waals surface area contributed by atoms with Crippen molar-refractivity contribution in [2.24, 2.45) is 5.92 Å². The van der Waals surface area contributed by atoms with Crippen molar-refractivity contribution < 1.29 is 14.6 Å². The van der Waals surface area contributed by atoms with E-state index in [-0.39, 0.29) is 11.9 Å². The van der Waals surface area contributed by atoms with Gasteiger partial charge in [-0.2, -0.15) is 0 Å². The first-order valence-corrected chi connectivity index (χ1v) is 4.43. The van der Waals surface area contributed by atoms with Crippen LogP contribution in [-0.4, -0.2) is 29.7 Å². The van der Waals surface area contributed by atoms with Gasteiger partial charge in [-0.1, -0.05) is 13.8 Å². The third kappa shape index (κ3) is 2.29. The maximum atomic E-state index is 11.1. The third-order valence-electron chi connectivity index (χ3n) is 2.07. The van der Waals surface area contributed by atoms with Gasteiger partial charge in [-0.25, -0.2) is 0 Å². The average molecular weight is 172 g/mol. The number of Topliss-reactive ketones (excluding diaryl/α,β-unsaturated/α-hetero) is 1. The Labute approximate surface area is 72.7 Å². The number of carbonyl (C=O) groups is 1. The third-order valence-corrected chi connectivity index (χ3v) is 2.07. The summed E-state index contributed by atoms with van der Waals surface area (Å²) in [5, 5.41) is 9.41. The van der Waals surface area contributed by atoms with E-state index in [1.54, 1.807) is 0 Å². The molecule has 0 bridgehead atoms. The van der Waals surface area contributed by atoms with E-state index in [1.165, 1.54) is 0 Å². The normalized spacial score (nSPS) is 31.2. The van der Waals surface area contributed by atoms with Gasteiger partial charge in [0, 0.05) is 6.42 Å². The molecular weight excluding hydrogens is 156 g/mol. The van der Waals surface area contributed by atoms with Crippen molar-refractivity contribution in [2.45, 2.75) is 38.9 Å². The highest BCUT2D eigenvalue weighted by molar-refractivity contribution is 5.84. The molecule has 1 saturated heterocycles. The predicted molar refractivity (Wildman–Crippen MR) is 44.8 cm³/mol. The molecule has 1 aliphatic rings. The van der Waals surface area contributed by atoms with Gasteiger partial charge in [0.25, 0.3) is 0 Å². The van der Waals surface area contributed by atoms with E-state index in [0.717, 1.165) is 6.42 Å². The first-order chi connectivity index (χ1) is 5.61. The van der Waals surface area contributed by atoms with Gasteiger partial charge in [-0.3, -0.25) is 4.79 Å². The fourth-order valence-corrected chi connectivity index (χ4v) is 1.42. The van der Waals surface area contributed by atoms with E-state index in [4.69, 9.17) is 4.74 Å². The van der Waals surface area contributed by atoms with E-state index >= 15 is 0 Å². The summed E-state index contributed by atoms with van der Waals surface area (Å²) in [4.78, 5) is 11.1. The molecule has 3 nitrogen and oxygen atoms in total. The second-order valence-electron chi connectivity index (χ2n) is 3.70. The Hall–Kier alpha value is -0.410. The highest BCUT2D eigenvalue weighted by Crippen LogP contribution is 2.17. The van der Waals surface area contributed by atoms with Gasteiger partial charge in [-0.05, 0) is 12.3 Å². The first-order valence-electron chi connectivity index (χ1n) is 4.43. The molecular formula is C9H16O3. The smallest absolute Gasteiger partial charge is 0.166 e. The zero-order valence-electron chi connectivity index (χ0n) is 7.62. The molecule has 1 heterocycles. The molecule has 1 aliphatic heterocycles. The topological polar surface area (TPSA) is 46.5 Å². The minimum Gasteiger partial charge on any atom is -0.383 e. The van der Waals surface area contributed by atoms with Gasteiger partial charge in [0.05, 0.1) is 12.7 Å². The molecule has 0 aromatic heterocycles. The van der Waals surface area contributed by atoms with E-state index in [0.29, 0.717) is 18.9 Å². The molecule has 3 heteroatoms. The van der Waals surface area contributed by atoms with Crippen LogP contribution in [0, 0.1) is 5.92 Å². The number of aliphatic hydroxyl groups is 1. The SMILES string of the molecule is CC(C)CC1OCCC(=O)C1O. The van der Waals surface area contributed by atoms with Gasteiger partial charge in [0.15, 0.2) is 5.78 Å². The standard InChI is InChI=1S/C9H16O3/c1-6(2)5-8-9(11)7(10)3-4-12-8/h6,8-9,11H,3-5H2,1-2H3. The Morgan fingerprint density at radius 3 is 2.92 bits per heavy atom. The molecule has 0 aromatic rings. The molecule has 2 unspecified atom stereocenters. The van der Waals surface area contributed by atoms with Crippen LogP contribution in [-0.2, 0) is 9.53 Å². The molecule has 0 aliphatic carbocycles. The van der Waals surface area contributed by atoms with Crippen LogP contribution in [0.4, 0.5) is 0 Å². The molecule has 0 radical (unpaired) electrons. The fraction of sp³-hybridized carbons (Fsp3) is 0.889. The maximum Gasteiger partial charge on any atom is 0.166 e. The lowest BCUT2D eigenvalue weighted by molar-refractivity contribution is -0.147. The summed E-state index contributed by atoms with van der Waals surface area (Å²) in [5.41, 5.74) is 0. The van der Waals surface area contributed by atoms with Crippen molar-refractivity contribution in [3.05, 3.63) is 0 Å². The molecule has 0 amide bonds. The Bertz CT molecular complexity index is 165. The number of hydrogen-bond donors (Lipinski definition) is 1. The van der Waals surface area contributed by atoms with Crippen LogP contribution in [0.5, 0.6) is 0 Å². The minimum absolute atomic E-state index is 0.0769. The highest BCUT2D eigenvalue weighted by Gasteiger charge is 2.30. The molecule has 0 saturated carbocycles. The summed E-state index contributed by atoms with van der Waals surface area (Å²) in [6, 6.07) is 0. The molecule has 70 valence electrons. The second kappa shape index (κ2) is 4.01. The number of ether oxygens (including phenoxy) is 1. The van der Waals surface area contributed by atoms with Gasteiger partial charge < -0.3 is 9.84 Å². The van der Waals surface area contributed by atoms with Crippen molar-refractivity contribution >= 4 is 5.78 Å². The van der Waals surface area contributed by atoms with Gasteiger partial charge in [0.1, 0.15) is 6.10 Å². The molecule has 1 rings (SSSR count). The lowest BCUT2D eigenvalue weighted by atomic mass is 9.96. The molecule has 12 heavy (non-hydrogen) atoms. The van der Waals surface area contributed by atoms with Crippen LogP contribution in [0.25, 0.3) is 0 Å². The minimum atomic E-state index is -0.888. The van der Waals surface area contributed by atoms with Gasteiger partial charge in [0.2, 0.25) is 0 Å². The van der Waals surface area contributed by atoms with Crippen molar-refractivity contribution in [3.8, 4) is 0 Å². The zero-order chi connectivity index (χ0) is 9.14. The average Bonchev–Trinajstić information content (AvgIpc) is 1.98. The lowest BCUT2D eigenvalue weighted by Gasteiger charge is -2.28. The van der Waals surface area contributed by atoms with E-state index in [9.17, 15) is 9.90 Å². The Kier molecular flexibility index (Phi) is 3.23. The monoisotopic (exact) mass is 172 g/mol. The molecule has 1 fully saturated rings. The molecule has 1 N–H and O–H groups in total. The lowest BCUT2D eigenvalue weighted by Crippen LogP contribution is -2.42. The summed E-state index contributed by atoms with van der Waals surface area (Å²) < 4.78 is 5.30. The van der Waals surface area contributed by atoms with Crippen molar-refractivity contribution in [1.29, 1.82) is 0 Å². The number of hydrogen-bond acceptors (Lipinski definition) is 3. The van der Waals surface area contributed by atoms with Crippen molar-refractivity contribution in [3.63, 3.8) is 0 Å². The number of carbonyl (C=O) groups excluding carboxylic acids is 1. The maximum absolute atomic E-state index is 11.1. The van der Waals surface area contributed by atoms with Gasteiger partial charge >= 0.3 is 0 Å². The summed E-state index contributed by atoms with van der Waals surface area (Å²) in [6.07, 6.45) is -0.0461. The van der Waals surface area contributed by atoms with Crippen LogP contribution in [0.1, 0.15) is 26.7 Å². The van der Waals surface area contributed by atoms with Crippen LogP contribution in [0.3, 0.4) is 0 Å². The van der Waals surface area contributed by atoms with E-state index in [1.807, 2.05) is 0 Å². The van der Waals surface area contributed by atoms with Gasteiger partial charge in [-0.15, -0.1) is 0 Å². The van der Waals surface area contributed by atoms with Crippen LogP contribution >= 0.6 is 0 Å². The largest absolute Gasteiger partial charge is 0.383 e. The molecule has 0 aromatic carbocycles. The summed E-state index contributed by atoms with van der Waals surface area (Å²) in [6.45, 7) is 4.57. The van der Waals surface area contributed by atoms with Crippen LogP contribution < -0.4 is 0 Å². The van der Waals surface area contributed by atoms with Crippen molar-refractivity contribution in [1.82, 2.24) is 0 Å². The predicted octanol–water partition coefficient (Wildman–Crippen LogP) is 0.751. The van der Waals surface area contributed by atoms with E-state index < -0.39 is 6.10 Å². The Morgan fingerprint density at radius 1 is 1.67 bits per heavy atom. The fourth-order valence-electron chi connectivity index (χ4n) is 1.42. The summed E-state index contributed by atoms with van der Waals surface area (Å²) in [7, 11) is 0. The number of rotatable bonds is 2. The van der Waals surface area contributed by atoms with Crippen LogP contribution in [0.2, 0.25) is 0 Å². The first kappa shape index (κ1) is 9.68. The Balaban J connectivity index is 2.46. The highest BCUT2D eigenvalue weighted by atomic mass is 16.5. The second-order valence-corrected chi connectivity index (χ2v) is 3.70. The molecule has 0 spiro atoms. The van der Waals surface area contributed by atoms with Crippen molar-refractivity contribution in [2.75, 3.05) is 6.61 Å². The Morgan fingerprint density at radius 2 is 2.33 bits per heavy atom. The zero-order valence-corrected chi connectivity index (χ0v) is 7.62. The summed E-state index contributed by atoms with van der Waals surface area (Å²) >= 11 is 0. The van der Waals surface area contributed by atoms with E-state index in [2.05, 4.69) is 13.8 Å². The molecule has 2 atom stereocenters. The quantitative estimate of drug-likeness (QED) is 0.668.